The van der Waals surface area contributed by atoms with Crippen molar-refractivity contribution < 1.29 is 47.7 Å². The van der Waals surface area contributed by atoms with E-state index in [9.17, 15) is 24.0 Å². The van der Waals surface area contributed by atoms with E-state index in [1.165, 1.54) is 0 Å². The first-order valence-corrected chi connectivity index (χ1v) is 18.5. The number of ether oxygens (including phenoxy) is 5. The maximum Gasteiger partial charge on any atom is 0.414 e. The number of nitrogens with one attached hydrogen (secondary N) is 2. The second-order valence-electron chi connectivity index (χ2n) is 13.1. The Morgan fingerprint density at radius 1 is 0.614 bits per heavy atom. The van der Waals surface area contributed by atoms with Crippen molar-refractivity contribution in [1.29, 1.82) is 0 Å². The predicted molar refractivity (Wildman–Crippen MR) is 219 cm³/mol. The van der Waals surface area contributed by atoms with Crippen LogP contribution in [0.4, 0.5) is 25.8 Å². The van der Waals surface area contributed by atoms with Crippen LogP contribution >= 0.6 is 0 Å². The summed E-state index contributed by atoms with van der Waals surface area (Å²) in [4.78, 5) is 59.5. The maximum atomic E-state index is 12.3. The van der Waals surface area contributed by atoms with Crippen molar-refractivity contribution in [3.63, 3.8) is 0 Å². The van der Waals surface area contributed by atoms with Gasteiger partial charge >= 0.3 is 30.2 Å². The first kappa shape index (κ1) is 46.8. The van der Waals surface area contributed by atoms with Gasteiger partial charge in [-0.05, 0) is 74.9 Å². The summed E-state index contributed by atoms with van der Waals surface area (Å²) in [6, 6.07) is 33.5. The Balaban J connectivity index is 0.000000297. The average Bonchev–Trinajstić information content (AvgIpc) is 3.22. The molecule has 0 spiro atoms. The molecule has 0 aliphatic rings. The van der Waals surface area contributed by atoms with Crippen LogP contribution in [0.2, 0.25) is 0 Å². The number of para-hydroxylation sites is 2. The third kappa shape index (κ3) is 17.3. The minimum atomic E-state index is -1.53. The molecular weight excluding hydrogens is 730 g/mol. The summed E-state index contributed by atoms with van der Waals surface area (Å²) in [5, 5.41) is 4.84. The molecule has 0 aromatic heterocycles. The van der Waals surface area contributed by atoms with E-state index in [1.807, 2.05) is 116 Å². The van der Waals surface area contributed by atoms with Gasteiger partial charge in [-0.15, -0.1) is 0 Å². The number of amides is 3. The van der Waals surface area contributed by atoms with Gasteiger partial charge in [0.15, 0.2) is 0 Å². The molecule has 0 saturated heterocycles. The van der Waals surface area contributed by atoms with Crippen molar-refractivity contribution in [2.24, 2.45) is 0 Å². The Morgan fingerprint density at radius 3 is 1.58 bits per heavy atom. The van der Waals surface area contributed by atoms with Gasteiger partial charge in [-0.2, -0.15) is 0 Å². The van der Waals surface area contributed by atoms with E-state index in [4.69, 9.17) is 14.2 Å². The van der Waals surface area contributed by atoms with Gasteiger partial charge < -0.3 is 23.7 Å². The van der Waals surface area contributed by atoms with Gasteiger partial charge in [0.05, 0.1) is 19.9 Å². The number of carbonyl (C=O) groups is 5. The zero-order valence-corrected chi connectivity index (χ0v) is 34.0. The summed E-state index contributed by atoms with van der Waals surface area (Å²) in [6.45, 7) is 12.2. The molecule has 0 unspecified atom stereocenters. The first-order chi connectivity index (χ1) is 27.3. The Labute approximate surface area is 335 Å². The molecule has 3 amide bonds. The zero-order valence-electron chi connectivity index (χ0n) is 34.0. The summed E-state index contributed by atoms with van der Waals surface area (Å²) in [6.07, 6.45) is 0.124. The summed E-state index contributed by atoms with van der Waals surface area (Å²) in [5.41, 5.74) is 5.21. The van der Waals surface area contributed by atoms with Gasteiger partial charge in [-0.1, -0.05) is 111 Å². The lowest BCUT2D eigenvalue weighted by Crippen LogP contribution is -2.49. The summed E-state index contributed by atoms with van der Waals surface area (Å²) >= 11 is 0. The third-order valence-corrected chi connectivity index (χ3v) is 7.79. The Bertz CT molecular complexity index is 1830. The van der Waals surface area contributed by atoms with Crippen molar-refractivity contribution in [3.05, 3.63) is 131 Å². The van der Waals surface area contributed by atoms with E-state index >= 15 is 0 Å². The van der Waals surface area contributed by atoms with Crippen LogP contribution in [0, 0.1) is 0 Å². The number of anilines is 2. The van der Waals surface area contributed by atoms with Gasteiger partial charge in [0.1, 0.15) is 18.8 Å². The lowest BCUT2D eigenvalue weighted by molar-refractivity contribution is -0.155. The quantitative estimate of drug-likeness (QED) is 0.0809. The smallest absolute Gasteiger partial charge is 0.414 e. The van der Waals surface area contributed by atoms with Crippen LogP contribution in [0.1, 0.15) is 63.8 Å². The molecule has 4 rings (SSSR count). The van der Waals surface area contributed by atoms with E-state index in [1.54, 1.807) is 25.7 Å². The van der Waals surface area contributed by atoms with Crippen LogP contribution in [0.25, 0.3) is 0 Å². The normalized spacial score (nSPS) is 10.3. The molecule has 57 heavy (non-hydrogen) atoms. The van der Waals surface area contributed by atoms with Crippen molar-refractivity contribution in [1.82, 2.24) is 5.32 Å². The summed E-state index contributed by atoms with van der Waals surface area (Å²) in [5.74, 6) is -1.86. The second kappa shape index (κ2) is 24.9. The summed E-state index contributed by atoms with van der Waals surface area (Å²) < 4.78 is 24.2. The molecule has 0 heterocycles. The number of hydrogen-bond acceptors (Lipinski definition) is 10. The Morgan fingerprint density at radius 2 is 1.09 bits per heavy atom. The van der Waals surface area contributed by atoms with Crippen molar-refractivity contribution in [3.8, 4) is 0 Å². The Kier molecular flexibility index (Phi) is 20.5. The lowest BCUT2D eigenvalue weighted by Gasteiger charge is -2.23. The van der Waals surface area contributed by atoms with Crippen LogP contribution in [-0.4, -0.2) is 62.6 Å². The standard InChI is InChI=1S/C18H21NO2.C16H17NO2.C10H17NO6/c1-3-16-12-8-9-13-17(16)19(4-2)18(20)21-14-15-10-6-5-7-11-15;1-2-14-10-6-7-11-15(14)17-16(18)19-12-13-8-4-3-5-9-13;1-10(2,3)17-9(14)11-6(7(12)15-4)8(13)16-5/h5-13H,3-4,14H2,1-2H3;3-11H,2,12H2,1H3,(H,17,18);6H,1-5H3,(H,11,14). The molecule has 13 nitrogen and oxygen atoms in total. The number of alkyl carbamates (subject to hydrolysis) is 1. The van der Waals surface area contributed by atoms with E-state index in [-0.39, 0.29) is 12.7 Å². The van der Waals surface area contributed by atoms with Gasteiger partial charge in [0.2, 0.25) is 6.04 Å². The highest BCUT2D eigenvalue weighted by Gasteiger charge is 2.32. The highest BCUT2D eigenvalue weighted by atomic mass is 16.6. The van der Waals surface area contributed by atoms with Gasteiger partial charge in [-0.25, -0.2) is 24.0 Å². The van der Waals surface area contributed by atoms with Crippen LogP contribution in [0.15, 0.2) is 109 Å². The molecule has 306 valence electrons. The molecule has 2 N–H and O–H groups in total. The number of carbonyl (C=O) groups excluding carboxylic acids is 5. The Hall–Kier alpha value is -6.37. The van der Waals surface area contributed by atoms with E-state index < -0.39 is 35.8 Å². The molecule has 0 bridgehead atoms. The zero-order chi connectivity index (χ0) is 42.2. The fourth-order valence-electron chi connectivity index (χ4n) is 4.96. The van der Waals surface area contributed by atoms with Gasteiger partial charge in [0.25, 0.3) is 0 Å². The number of aryl methyl sites for hydroxylation is 2. The fourth-order valence-corrected chi connectivity index (χ4v) is 4.96. The molecule has 0 aliphatic carbocycles. The molecular formula is C44H55N3O10. The molecule has 4 aromatic carbocycles. The topological polar surface area (TPSA) is 159 Å². The number of esters is 2. The van der Waals surface area contributed by atoms with E-state index in [0.717, 1.165) is 60.7 Å². The minimum Gasteiger partial charge on any atom is -0.467 e. The average molecular weight is 786 g/mol. The van der Waals surface area contributed by atoms with Gasteiger partial charge in [-0.3, -0.25) is 15.5 Å². The van der Waals surface area contributed by atoms with Crippen molar-refractivity contribution in [2.45, 2.75) is 79.2 Å². The predicted octanol–water partition coefficient (Wildman–Crippen LogP) is 8.64. The van der Waals surface area contributed by atoms with Crippen molar-refractivity contribution in [2.75, 3.05) is 31.0 Å². The first-order valence-electron chi connectivity index (χ1n) is 18.5. The molecule has 0 fully saturated rings. The number of methoxy groups -OCH3 is 2. The minimum absolute atomic E-state index is 0.279. The highest BCUT2D eigenvalue weighted by molar-refractivity contribution is 6.01. The SMILES string of the molecule is CCc1ccccc1N(CC)C(=O)OCc1ccccc1.CCc1ccccc1NC(=O)OCc1ccccc1.COC(=O)C(NC(=O)OC(C)(C)C)C(=O)OC. The number of nitrogens with zero attached hydrogens (tertiary/aromatic N) is 1. The molecule has 13 heteroatoms. The van der Waals surface area contributed by atoms with Crippen LogP contribution in [0.5, 0.6) is 0 Å². The summed E-state index contributed by atoms with van der Waals surface area (Å²) in [7, 11) is 2.18. The molecule has 4 aromatic rings. The molecule has 0 radical (unpaired) electrons. The van der Waals surface area contributed by atoms with E-state index in [2.05, 4.69) is 34.0 Å². The largest absolute Gasteiger partial charge is 0.467 e. The second-order valence-corrected chi connectivity index (χ2v) is 13.1. The van der Waals surface area contributed by atoms with E-state index in [0.29, 0.717) is 13.2 Å². The third-order valence-electron chi connectivity index (χ3n) is 7.79. The highest BCUT2D eigenvalue weighted by Crippen LogP contribution is 2.22. The van der Waals surface area contributed by atoms with Crippen LogP contribution in [-0.2, 0) is 59.3 Å². The molecule has 0 atom stereocenters. The van der Waals surface area contributed by atoms with Crippen molar-refractivity contribution >= 4 is 41.6 Å². The monoisotopic (exact) mass is 785 g/mol. The van der Waals surface area contributed by atoms with Crippen LogP contribution < -0.4 is 15.5 Å². The molecule has 0 saturated carbocycles. The fraction of sp³-hybridized carbons (Fsp3) is 0.341. The number of hydrogen-bond donors (Lipinski definition) is 2. The number of benzene rings is 4. The van der Waals surface area contributed by atoms with Crippen LogP contribution in [0.3, 0.4) is 0 Å². The maximum absolute atomic E-state index is 12.3. The molecule has 0 aliphatic heterocycles. The lowest BCUT2D eigenvalue weighted by atomic mass is 10.1. The number of rotatable bonds is 12. The van der Waals surface area contributed by atoms with Gasteiger partial charge in [0, 0.05) is 12.2 Å².